The lowest BCUT2D eigenvalue weighted by Gasteiger charge is -2.13. The first-order valence-corrected chi connectivity index (χ1v) is 5.00. The predicted molar refractivity (Wildman–Crippen MR) is 57.8 cm³/mol. The number of halogens is 1. The average Bonchev–Trinajstić information content (AvgIpc) is 2.79. The van der Waals surface area contributed by atoms with Crippen LogP contribution in [0, 0.1) is 0 Å². The van der Waals surface area contributed by atoms with Gasteiger partial charge in [0, 0.05) is 13.2 Å². The Morgan fingerprint density at radius 2 is 2.27 bits per heavy atom. The summed E-state index contributed by atoms with van der Waals surface area (Å²) in [6.07, 6.45) is 1.75. The van der Waals surface area contributed by atoms with Crippen LogP contribution in [0.3, 0.4) is 0 Å². The Labute approximate surface area is 92.8 Å². The zero-order valence-electron chi connectivity index (χ0n) is 8.57. The van der Waals surface area contributed by atoms with Gasteiger partial charge in [0.2, 0.25) is 0 Å². The van der Waals surface area contributed by atoms with Crippen LogP contribution in [-0.4, -0.2) is 16.8 Å². The number of aryl methyl sites for hydroxylation is 1. The standard InChI is InChI=1S/C10H12ClN3O/c1-12-10(7-5-6-13-14(7)2)8-3-4-9(11)15-8/h3-6,10,12H,1-2H3. The fourth-order valence-electron chi connectivity index (χ4n) is 1.59. The molecule has 1 N–H and O–H groups in total. The summed E-state index contributed by atoms with van der Waals surface area (Å²) in [5.74, 6) is 0.783. The molecule has 0 amide bonds. The Morgan fingerprint density at radius 1 is 1.47 bits per heavy atom. The van der Waals surface area contributed by atoms with Gasteiger partial charge in [-0.05, 0) is 36.8 Å². The quantitative estimate of drug-likeness (QED) is 0.869. The summed E-state index contributed by atoms with van der Waals surface area (Å²) < 4.78 is 7.18. The Balaban J connectivity index is 2.36. The second-order valence-electron chi connectivity index (χ2n) is 3.24. The monoisotopic (exact) mass is 225 g/mol. The van der Waals surface area contributed by atoms with E-state index >= 15 is 0 Å². The van der Waals surface area contributed by atoms with Crippen LogP contribution < -0.4 is 5.32 Å². The molecule has 4 nitrogen and oxygen atoms in total. The number of nitrogens with zero attached hydrogens (tertiary/aromatic N) is 2. The summed E-state index contributed by atoms with van der Waals surface area (Å²) in [6, 6.07) is 5.51. The highest BCUT2D eigenvalue weighted by Crippen LogP contribution is 2.24. The van der Waals surface area contributed by atoms with Crippen LogP contribution >= 0.6 is 11.6 Å². The first-order valence-electron chi connectivity index (χ1n) is 4.62. The molecular weight excluding hydrogens is 214 g/mol. The highest BCUT2D eigenvalue weighted by atomic mass is 35.5. The van der Waals surface area contributed by atoms with Crippen molar-refractivity contribution in [2.75, 3.05) is 7.05 Å². The number of hydrogen-bond donors (Lipinski definition) is 1. The lowest BCUT2D eigenvalue weighted by Crippen LogP contribution is -2.19. The lowest BCUT2D eigenvalue weighted by molar-refractivity contribution is 0.450. The topological polar surface area (TPSA) is 43.0 Å². The van der Waals surface area contributed by atoms with Gasteiger partial charge in [-0.15, -0.1) is 0 Å². The van der Waals surface area contributed by atoms with E-state index in [0.717, 1.165) is 11.5 Å². The van der Waals surface area contributed by atoms with E-state index in [2.05, 4.69) is 10.4 Å². The molecule has 2 aromatic heterocycles. The number of hydrogen-bond acceptors (Lipinski definition) is 3. The van der Waals surface area contributed by atoms with Crippen LogP contribution in [0.2, 0.25) is 5.22 Å². The van der Waals surface area contributed by atoms with Crippen molar-refractivity contribution < 1.29 is 4.42 Å². The van der Waals surface area contributed by atoms with E-state index in [1.807, 2.05) is 26.2 Å². The van der Waals surface area contributed by atoms with Gasteiger partial charge in [-0.2, -0.15) is 5.10 Å². The third-order valence-electron chi connectivity index (χ3n) is 2.32. The van der Waals surface area contributed by atoms with E-state index in [1.54, 1.807) is 16.9 Å². The molecule has 0 saturated heterocycles. The van der Waals surface area contributed by atoms with E-state index in [-0.39, 0.29) is 6.04 Å². The largest absolute Gasteiger partial charge is 0.448 e. The van der Waals surface area contributed by atoms with Crippen LogP contribution in [0.4, 0.5) is 0 Å². The van der Waals surface area contributed by atoms with E-state index in [9.17, 15) is 0 Å². The molecule has 5 heteroatoms. The fraction of sp³-hybridized carbons (Fsp3) is 0.300. The third-order valence-corrected chi connectivity index (χ3v) is 2.52. The predicted octanol–water partition coefficient (Wildman–Crippen LogP) is 1.98. The molecule has 2 heterocycles. The fourth-order valence-corrected chi connectivity index (χ4v) is 1.74. The maximum atomic E-state index is 5.75. The number of furan rings is 1. The Kier molecular flexibility index (Phi) is 2.79. The van der Waals surface area contributed by atoms with Crippen molar-refractivity contribution in [3.63, 3.8) is 0 Å². The van der Waals surface area contributed by atoms with Gasteiger partial charge in [-0.3, -0.25) is 4.68 Å². The highest BCUT2D eigenvalue weighted by molar-refractivity contribution is 6.28. The van der Waals surface area contributed by atoms with Crippen LogP contribution in [-0.2, 0) is 7.05 Å². The summed E-state index contributed by atoms with van der Waals surface area (Å²) in [7, 11) is 3.76. The van der Waals surface area contributed by atoms with Crippen LogP contribution in [0.15, 0.2) is 28.8 Å². The Bertz CT molecular complexity index is 449. The summed E-state index contributed by atoms with van der Waals surface area (Å²) in [5, 5.41) is 7.68. The molecule has 0 aliphatic carbocycles. The average molecular weight is 226 g/mol. The molecule has 0 bridgehead atoms. The molecule has 0 saturated carbocycles. The number of aromatic nitrogens is 2. The van der Waals surface area contributed by atoms with E-state index in [1.165, 1.54) is 0 Å². The second kappa shape index (κ2) is 4.08. The minimum absolute atomic E-state index is 0.0231. The van der Waals surface area contributed by atoms with Crippen molar-refractivity contribution in [2.24, 2.45) is 7.05 Å². The zero-order valence-corrected chi connectivity index (χ0v) is 9.32. The molecule has 0 spiro atoms. The number of rotatable bonds is 3. The van der Waals surface area contributed by atoms with Crippen molar-refractivity contribution in [1.82, 2.24) is 15.1 Å². The molecule has 1 atom stereocenters. The van der Waals surface area contributed by atoms with E-state index in [4.69, 9.17) is 16.0 Å². The van der Waals surface area contributed by atoms with Gasteiger partial charge in [0.25, 0.3) is 0 Å². The van der Waals surface area contributed by atoms with Gasteiger partial charge in [-0.25, -0.2) is 0 Å². The first-order chi connectivity index (χ1) is 7.22. The summed E-state index contributed by atoms with van der Waals surface area (Å²) in [5.41, 5.74) is 1.03. The van der Waals surface area contributed by atoms with Crippen LogP contribution in [0.1, 0.15) is 17.5 Å². The molecule has 1 unspecified atom stereocenters. The van der Waals surface area contributed by atoms with Crippen molar-refractivity contribution in [2.45, 2.75) is 6.04 Å². The second-order valence-corrected chi connectivity index (χ2v) is 3.62. The molecule has 0 aliphatic heterocycles. The summed E-state index contributed by atoms with van der Waals surface area (Å²) >= 11 is 5.75. The molecule has 0 aliphatic rings. The highest BCUT2D eigenvalue weighted by Gasteiger charge is 2.18. The molecule has 2 rings (SSSR count). The SMILES string of the molecule is CNC(c1ccc(Cl)o1)c1ccnn1C. The smallest absolute Gasteiger partial charge is 0.193 e. The van der Waals surface area contributed by atoms with Crippen molar-refractivity contribution in [1.29, 1.82) is 0 Å². The molecule has 15 heavy (non-hydrogen) atoms. The van der Waals surface area contributed by atoms with Gasteiger partial charge < -0.3 is 9.73 Å². The van der Waals surface area contributed by atoms with Gasteiger partial charge in [-0.1, -0.05) is 0 Å². The molecule has 0 radical (unpaired) electrons. The van der Waals surface area contributed by atoms with E-state index in [0.29, 0.717) is 5.22 Å². The molecule has 2 aromatic rings. The normalized spacial score (nSPS) is 13.0. The van der Waals surface area contributed by atoms with Crippen molar-refractivity contribution >= 4 is 11.6 Å². The van der Waals surface area contributed by atoms with Crippen molar-refractivity contribution in [3.8, 4) is 0 Å². The van der Waals surface area contributed by atoms with Crippen LogP contribution in [0.25, 0.3) is 0 Å². The van der Waals surface area contributed by atoms with Gasteiger partial charge in [0.15, 0.2) is 5.22 Å². The molecule has 0 fully saturated rings. The minimum Gasteiger partial charge on any atom is -0.448 e. The number of nitrogens with one attached hydrogen (secondary N) is 1. The third kappa shape index (κ3) is 1.91. The van der Waals surface area contributed by atoms with Gasteiger partial charge in [0.05, 0.1) is 5.69 Å². The minimum atomic E-state index is -0.0231. The van der Waals surface area contributed by atoms with E-state index < -0.39 is 0 Å². The first kappa shape index (κ1) is 10.3. The lowest BCUT2D eigenvalue weighted by atomic mass is 10.1. The van der Waals surface area contributed by atoms with Gasteiger partial charge in [0.1, 0.15) is 11.8 Å². The molecular formula is C10H12ClN3O. The van der Waals surface area contributed by atoms with Crippen molar-refractivity contribution in [3.05, 3.63) is 41.1 Å². The Morgan fingerprint density at radius 3 is 2.73 bits per heavy atom. The zero-order chi connectivity index (χ0) is 10.8. The summed E-state index contributed by atoms with van der Waals surface area (Å²) in [4.78, 5) is 0. The maximum Gasteiger partial charge on any atom is 0.193 e. The summed E-state index contributed by atoms with van der Waals surface area (Å²) in [6.45, 7) is 0. The molecule has 80 valence electrons. The Hall–Kier alpha value is -1.26. The van der Waals surface area contributed by atoms with Crippen LogP contribution in [0.5, 0.6) is 0 Å². The maximum absolute atomic E-state index is 5.75. The molecule has 0 aromatic carbocycles. The van der Waals surface area contributed by atoms with Gasteiger partial charge >= 0.3 is 0 Å².